The second kappa shape index (κ2) is 6.19. The van der Waals surface area contributed by atoms with Crippen LogP contribution in [0.15, 0.2) is 54.6 Å². The Labute approximate surface area is 137 Å². The number of hydrogen-bond donors (Lipinski definition) is 1. The molecule has 0 saturated heterocycles. The van der Waals surface area contributed by atoms with E-state index in [1.165, 1.54) is 29.5 Å². The van der Waals surface area contributed by atoms with Gasteiger partial charge >= 0.3 is 0 Å². The summed E-state index contributed by atoms with van der Waals surface area (Å²) in [5, 5.41) is 3.37. The highest BCUT2D eigenvalue weighted by Crippen LogP contribution is 2.42. The highest BCUT2D eigenvalue weighted by atomic mass is 16.1. The maximum Gasteiger partial charge on any atom is 0.228 e. The summed E-state index contributed by atoms with van der Waals surface area (Å²) in [6.07, 6.45) is 5.62. The van der Waals surface area contributed by atoms with Crippen LogP contribution in [0.1, 0.15) is 54.3 Å². The maximum atomic E-state index is 13.0. The molecule has 1 amide bonds. The van der Waals surface area contributed by atoms with Crippen molar-refractivity contribution in [3.8, 4) is 0 Å². The first-order valence-electron chi connectivity index (χ1n) is 8.76. The van der Waals surface area contributed by atoms with Gasteiger partial charge < -0.3 is 5.32 Å². The van der Waals surface area contributed by atoms with Crippen molar-refractivity contribution in [3.05, 3.63) is 71.3 Å². The monoisotopic (exact) mass is 305 g/mol. The van der Waals surface area contributed by atoms with Gasteiger partial charge in [-0.2, -0.15) is 0 Å². The number of fused-ring (bicyclic) bond motifs is 1. The van der Waals surface area contributed by atoms with Gasteiger partial charge in [-0.25, -0.2) is 0 Å². The van der Waals surface area contributed by atoms with Crippen molar-refractivity contribution >= 4 is 5.91 Å². The van der Waals surface area contributed by atoms with Crippen LogP contribution in [-0.4, -0.2) is 5.91 Å². The van der Waals surface area contributed by atoms with Gasteiger partial charge in [0, 0.05) is 0 Å². The molecule has 2 aromatic carbocycles. The topological polar surface area (TPSA) is 29.1 Å². The Morgan fingerprint density at radius 1 is 0.957 bits per heavy atom. The molecule has 2 aliphatic carbocycles. The SMILES string of the molecule is O=C(NC(c1ccccc1)C1CC1)C1CCCc2ccccc21. The van der Waals surface area contributed by atoms with Crippen LogP contribution in [0.4, 0.5) is 0 Å². The molecule has 0 bridgehead atoms. The fraction of sp³-hybridized carbons (Fsp3) is 0.381. The van der Waals surface area contributed by atoms with Crippen molar-refractivity contribution < 1.29 is 4.79 Å². The van der Waals surface area contributed by atoms with Crippen LogP contribution in [0.3, 0.4) is 0 Å². The molecule has 0 spiro atoms. The second-order valence-corrected chi connectivity index (χ2v) is 6.88. The molecule has 2 aromatic rings. The summed E-state index contributed by atoms with van der Waals surface area (Å²) in [5.41, 5.74) is 3.83. The molecule has 0 radical (unpaired) electrons. The van der Waals surface area contributed by atoms with Crippen LogP contribution in [-0.2, 0) is 11.2 Å². The van der Waals surface area contributed by atoms with E-state index in [1.54, 1.807) is 0 Å². The normalized spacial score (nSPS) is 21.3. The lowest BCUT2D eigenvalue weighted by molar-refractivity contribution is -0.123. The number of carbonyl (C=O) groups is 1. The molecule has 2 unspecified atom stereocenters. The number of amides is 1. The van der Waals surface area contributed by atoms with E-state index in [-0.39, 0.29) is 17.9 Å². The van der Waals surface area contributed by atoms with Crippen molar-refractivity contribution in [1.82, 2.24) is 5.32 Å². The zero-order valence-electron chi connectivity index (χ0n) is 13.4. The average molecular weight is 305 g/mol. The van der Waals surface area contributed by atoms with Gasteiger partial charge in [0.25, 0.3) is 0 Å². The third-order valence-electron chi connectivity index (χ3n) is 5.24. The zero-order chi connectivity index (χ0) is 15.6. The number of carbonyl (C=O) groups excluding carboxylic acids is 1. The van der Waals surface area contributed by atoms with Crippen LogP contribution in [0.2, 0.25) is 0 Å². The van der Waals surface area contributed by atoms with E-state index in [0.29, 0.717) is 5.92 Å². The maximum absolute atomic E-state index is 13.0. The molecule has 1 saturated carbocycles. The molecule has 2 atom stereocenters. The van der Waals surface area contributed by atoms with Crippen molar-refractivity contribution in [2.24, 2.45) is 5.92 Å². The van der Waals surface area contributed by atoms with Crippen molar-refractivity contribution in [2.75, 3.05) is 0 Å². The van der Waals surface area contributed by atoms with Crippen molar-refractivity contribution in [3.63, 3.8) is 0 Å². The predicted molar refractivity (Wildman–Crippen MR) is 92.2 cm³/mol. The Bertz CT molecular complexity index is 690. The molecule has 1 N–H and O–H groups in total. The first-order chi connectivity index (χ1) is 11.3. The summed E-state index contributed by atoms with van der Waals surface area (Å²) < 4.78 is 0. The summed E-state index contributed by atoms with van der Waals surface area (Å²) in [6.45, 7) is 0. The summed E-state index contributed by atoms with van der Waals surface area (Å²) in [5.74, 6) is 0.836. The molecule has 118 valence electrons. The molecule has 2 aliphatic rings. The van der Waals surface area contributed by atoms with Crippen LogP contribution in [0.5, 0.6) is 0 Å². The largest absolute Gasteiger partial charge is 0.348 e. The minimum atomic E-state index is 0.0184. The van der Waals surface area contributed by atoms with Gasteiger partial charge in [0.2, 0.25) is 5.91 Å². The minimum absolute atomic E-state index is 0.0184. The fourth-order valence-corrected chi connectivity index (χ4v) is 3.84. The predicted octanol–water partition coefficient (Wildman–Crippen LogP) is 4.37. The number of benzene rings is 2. The number of hydrogen-bond acceptors (Lipinski definition) is 1. The van der Waals surface area contributed by atoms with E-state index >= 15 is 0 Å². The minimum Gasteiger partial charge on any atom is -0.348 e. The Hall–Kier alpha value is -2.09. The van der Waals surface area contributed by atoms with E-state index in [9.17, 15) is 4.79 Å². The molecule has 1 fully saturated rings. The van der Waals surface area contributed by atoms with Crippen molar-refractivity contribution in [1.29, 1.82) is 0 Å². The average Bonchev–Trinajstić information content (AvgIpc) is 3.44. The van der Waals surface area contributed by atoms with E-state index < -0.39 is 0 Å². The Kier molecular flexibility index (Phi) is 3.90. The molecule has 0 aromatic heterocycles. The molecular weight excluding hydrogens is 282 g/mol. The van der Waals surface area contributed by atoms with Crippen molar-refractivity contribution in [2.45, 2.75) is 44.1 Å². The quantitative estimate of drug-likeness (QED) is 0.892. The Morgan fingerprint density at radius 2 is 1.70 bits per heavy atom. The molecule has 0 aliphatic heterocycles. The standard InChI is InChI=1S/C21H23NO/c23-21(19-12-6-10-15-7-4-5-11-18(15)19)22-20(17-13-14-17)16-8-2-1-3-9-16/h1-5,7-9,11,17,19-20H,6,10,12-14H2,(H,22,23). The van der Waals surface area contributed by atoms with E-state index in [2.05, 4.69) is 53.8 Å². The fourth-order valence-electron chi connectivity index (χ4n) is 3.84. The smallest absolute Gasteiger partial charge is 0.228 e. The lowest BCUT2D eigenvalue weighted by atomic mass is 9.82. The Morgan fingerprint density at radius 3 is 2.48 bits per heavy atom. The number of rotatable bonds is 4. The van der Waals surface area contributed by atoms with Gasteiger partial charge in [0.15, 0.2) is 0 Å². The molecule has 4 rings (SSSR count). The number of aryl methyl sites for hydroxylation is 1. The molecular formula is C21H23NO. The van der Waals surface area contributed by atoms with Gasteiger partial charge in [0.1, 0.15) is 0 Å². The Balaban J connectivity index is 1.55. The first-order valence-corrected chi connectivity index (χ1v) is 8.76. The third-order valence-corrected chi connectivity index (χ3v) is 5.24. The summed E-state index contributed by atoms with van der Waals surface area (Å²) in [7, 11) is 0. The van der Waals surface area contributed by atoms with Crippen LogP contribution in [0.25, 0.3) is 0 Å². The van der Waals surface area contributed by atoms with E-state index in [4.69, 9.17) is 0 Å². The van der Waals surface area contributed by atoms with Gasteiger partial charge in [0.05, 0.1) is 12.0 Å². The summed E-state index contributed by atoms with van der Waals surface area (Å²) in [4.78, 5) is 13.0. The lowest BCUT2D eigenvalue weighted by Crippen LogP contribution is -2.35. The lowest BCUT2D eigenvalue weighted by Gasteiger charge is -2.27. The van der Waals surface area contributed by atoms with Crippen LogP contribution >= 0.6 is 0 Å². The van der Waals surface area contributed by atoms with Crippen LogP contribution < -0.4 is 5.32 Å². The summed E-state index contributed by atoms with van der Waals surface area (Å²) in [6, 6.07) is 19.0. The summed E-state index contributed by atoms with van der Waals surface area (Å²) >= 11 is 0. The highest BCUT2D eigenvalue weighted by Gasteiger charge is 2.35. The molecule has 2 heteroatoms. The van der Waals surface area contributed by atoms with Crippen LogP contribution in [0, 0.1) is 5.92 Å². The van der Waals surface area contributed by atoms with Gasteiger partial charge in [-0.05, 0) is 54.7 Å². The second-order valence-electron chi connectivity index (χ2n) is 6.88. The number of nitrogens with one attached hydrogen (secondary N) is 1. The molecule has 0 heterocycles. The van der Waals surface area contributed by atoms with E-state index in [1.807, 2.05) is 6.07 Å². The zero-order valence-corrected chi connectivity index (χ0v) is 13.4. The van der Waals surface area contributed by atoms with Gasteiger partial charge in [-0.3, -0.25) is 4.79 Å². The van der Waals surface area contributed by atoms with Gasteiger partial charge in [-0.15, -0.1) is 0 Å². The van der Waals surface area contributed by atoms with Gasteiger partial charge in [-0.1, -0.05) is 54.6 Å². The third kappa shape index (κ3) is 3.03. The van der Waals surface area contributed by atoms with E-state index in [0.717, 1.165) is 19.3 Å². The first kappa shape index (κ1) is 14.5. The molecule has 23 heavy (non-hydrogen) atoms. The highest BCUT2D eigenvalue weighted by molar-refractivity contribution is 5.84. The molecule has 2 nitrogen and oxygen atoms in total.